The highest BCUT2D eigenvalue weighted by Crippen LogP contribution is 2.34. The Morgan fingerprint density at radius 1 is 1.12 bits per heavy atom. The van der Waals surface area contributed by atoms with Gasteiger partial charge < -0.3 is 5.32 Å². The third-order valence-electron chi connectivity index (χ3n) is 4.58. The van der Waals surface area contributed by atoms with Crippen LogP contribution in [0.1, 0.15) is 25.7 Å². The molecule has 1 heterocycles. The lowest BCUT2D eigenvalue weighted by molar-refractivity contribution is -0.130. The molecule has 4 N–H and O–H groups in total. The molecule has 0 atom stereocenters. The van der Waals surface area contributed by atoms with E-state index in [1.807, 2.05) is 0 Å². The van der Waals surface area contributed by atoms with Gasteiger partial charge in [0.1, 0.15) is 5.54 Å². The topological polar surface area (TPSA) is 99.3 Å². The third kappa shape index (κ3) is 3.11. The Morgan fingerprint density at radius 3 is 2.40 bits per heavy atom. The average Bonchev–Trinajstić information content (AvgIpc) is 2.85. The summed E-state index contributed by atoms with van der Waals surface area (Å²) in [5.74, 6) is -5.74. The Kier molecular flexibility index (Phi) is 4.27. The largest absolute Gasteiger partial charge is 0.323 e. The van der Waals surface area contributed by atoms with E-state index in [0.717, 1.165) is 12.1 Å². The van der Waals surface area contributed by atoms with Crippen LogP contribution >= 0.6 is 0 Å². The molecule has 1 saturated carbocycles. The molecule has 0 unspecified atom stereocenters. The lowest BCUT2D eigenvalue weighted by Crippen LogP contribution is -2.51. The van der Waals surface area contributed by atoms with Crippen molar-refractivity contribution in [2.24, 2.45) is 5.92 Å². The van der Waals surface area contributed by atoms with Gasteiger partial charge in [0.15, 0.2) is 17.5 Å². The second kappa shape index (κ2) is 6.26. The van der Waals surface area contributed by atoms with Gasteiger partial charge in [0.2, 0.25) is 5.91 Å². The third-order valence-corrected chi connectivity index (χ3v) is 4.58. The molecular weight excluding hydrogens is 341 g/mol. The molecule has 25 heavy (non-hydrogen) atoms. The number of nitrogens with one attached hydrogen (secondary N) is 4. The minimum absolute atomic E-state index is 0.294. The highest BCUT2D eigenvalue weighted by atomic mass is 19.2. The molecule has 0 bridgehead atoms. The van der Waals surface area contributed by atoms with E-state index in [9.17, 15) is 27.6 Å². The van der Waals surface area contributed by atoms with Crippen LogP contribution in [0.3, 0.4) is 0 Å². The highest BCUT2D eigenvalue weighted by Gasteiger charge is 2.48. The van der Waals surface area contributed by atoms with Gasteiger partial charge in [-0.05, 0) is 37.8 Å². The molecule has 134 valence electrons. The number of hydrogen-bond donors (Lipinski definition) is 4. The first-order valence-corrected chi connectivity index (χ1v) is 7.65. The molecule has 1 aromatic carbocycles. The van der Waals surface area contributed by atoms with Crippen LogP contribution in [0.25, 0.3) is 0 Å². The van der Waals surface area contributed by atoms with Crippen molar-refractivity contribution in [3.8, 4) is 0 Å². The number of imide groups is 1. The number of halogens is 3. The maximum atomic E-state index is 13.5. The molecule has 1 aliphatic heterocycles. The van der Waals surface area contributed by atoms with Crippen molar-refractivity contribution >= 4 is 23.5 Å². The van der Waals surface area contributed by atoms with E-state index < -0.39 is 52.4 Å². The van der Waals surface area contributed by atoms with E-state index in [2.05, 4.69) is 21.5 Å². The van der Waals surface area contributed by atoms with Crippen molar-refractivity contribution in [3.63, 3.8) is 0 Å². The molecule has 2 fully saturated rings. The van der Waals surface area contributed by atoms with Gasteiger partial charge in [-0.2, -0.15) is 0 Å². The van der Waals surface area contributed by atoms with Crippen LogP contribution in [0.4, 0.5) is 23.7 Å². The fraction of sp³-hybridized carbons (Fsp3) is 0.400. The van der Waals surface area contributed by atoms with Crippen LogP contribution in [-0.4, -0.2) is 23.4 Å². The van der Waals surface area contributed by atoms with Gasteiger partial charge in [0.25, 0.3) is 5.91 Å². The molecular formula is C15H15F3N4O3. The summed E-state index contributed by atoms with van der Waals surface area (Å²) in [5.41, 5.74) is 3.09. The van der Waals surface area contributed by atoms with Crippen LogP contribution < -0.4 is 21.5 Å². The predicted octanol–water partition coefficient (Wildman–Crippen LogP) is 1.32. The molecule has 10 heteroatoms. The Morgan fingerprint density at radius 2 is 1.80 bits per heavy atom. The van der Waals surface area contributed by atoms with Gasteiger partial charge in [-0.15, -0.1) is 0 Å². The van der Waals surface area contributed by atoms with Gasteiger partial charge in [-0.3, -0.25) is 25.8 Å². The first-order valence-electron chi connectivity index (χ1n) is 7.65. The number of carbonyl (C=O) groups excluding carboxylic acids is 3. The first kappa shape index (κ1) is 17.1. The van der Waals surface area contributed by atoms with Crippen molar-refractivity contribution in [1.29, 1.82) is 0 Å². The van der Waals surface area contributed by atoms with Gasteiger partial charge in [0.05, 0.1) is 5.69 Å². The molecule has 4 amide bonds. The number of benzene rings is 1. The molecule has 0 radical (unpaired) electrons. The van der Waals surface area contributed by atoms with Crippen LogP contribution in [-0.2, 0) is 9.59 Å². The number of hydrazine groups is 1. The number of carbonyl (C=O) groups is 3. The molecule has 3 rings (SSSR count). The van der Waals surface area contributed by atoms with E-state index in [1.165, 1.54) is 0 Å². The maximum Gasteiger partial charge on any atom is 0.322 e. The van der Waals surface area contributed by atoms with Crippen LogP contribution in [0, 0.1) is 23.4 Å². The molecule has 0 aromatic heterocycles. The molecule has 1 aromatic rings. The second-order valence-electron chi connectivity index (χ2n) is 6.10. The zero-order chi connectivity index (χ0) is 18.2. The lowest BCUT2D eigenvalue weighted by atomic mass is 9.76. The smallest absolute Gasteiger partial charge is 0.322 e. The summed E-state index contributed by atoms with van der Waals surface area (Å²) in [7, 11) is 0. The molecule has 1 aliphatic carbocycles. The zero-order valence-corrected chi connectivity index (χ0v) is 12.9. The first-order chi connectivity index (χ1) is 11.8. The minimum Gasteiger partial charge on any atom is -0.323 e. The predicted molar refractivity (Wildman–Crippen MR) is 79.4 cm³/mol. The second-order valence-corrected chi connectivity index (χ2v) is 6.10. The van der Waals surface area contributed by atoms with Gasteiger partial charge in [0, 0.05) is 5.92 Å². The van der Waals surface area contributed by atoms with Crippen molar-refractivity contribution in [2.45, 2.75) is 31.2 Å². The normalized spacial score (nSPS) is 25.5. The summed E-state index contributed by atoms with van der Waals surface area (Å²) in [5, 5.41) is 4.76. The van der Waals surface area contributed by atoms with Crippen LogP contribution in [0.2, 0.25) is 0 Å². The summed E-state index contributed by atoms with van der Waals surface area (Å²) < 4.78 is 39.5. The van der Waals surface area contributed by atoms with E-state index in [4.69, 9.17) is 0 Å². The fourth-order valence-electron chi connectivity index (χ4n) is 3.11. The fourth-order valence-corrected chi connectivity index (χ4v) is 3.11. The van der Waals surface area contributed by atoms with Crippen LogP contribution in [0.15, 0.2) is 12.1 Å². The summed E-state index contributed by atoms with van der Waals surface area (Å²) in [6, 6.07) is 1.14. The quantitative estimate of drug-likeness (QED) is 0.373. The molecule has 1 saturated heterocycles. The summed E-state index contributed by atoms with van der Waals surface area (Å²) in [6.45, 7) is 0. The number of hydrogen-bond acceptors (Lipinski definition) is 4. The Hall–Kier alpha value is -2.78. The van der Waals surface area contributed by atoms with Gasteiger partial charge in [-0.1, -0.05) is 0 Å². The number of anilines is 1. The standard InChI is InChI=1S/C15H15F3N4O3/c16-8-1-2-9(11(18)10(8)17)21-22-12(23)7-3-5-15(6-4-7)13(24)19-14(25)20-15/h1-2,7,21H,3-6H2,(H,22,23)(H2,19,20,24,25). The van der Waals surface area contributed by atoms with Crippen molar-refractivity contribution in [1.82, 2.24) is 16.1 Å². The highest BCUT2D eigenvalue weighted by molar-refractivity contribution is 6.07. The van der Waals surface area contributed by atoms with E-state index >= 15 is 0 Å². The lowest BCUT2D eigenvalue weighted by Gasteiger charge is -2.33. The summed E-state index contributed by atoms with van der Waals surface area (Å²) in [6.07, 6.45) is 1.26. The minimum atomic E-state index is -1.64. The average molecular weight is 356 g/mol. The van der Waals surface area contributed by atoms with Crippen LogP contribution in [0.5, 0.6) is 0 Å². The summed E-state index contributed by atoms with van der Waals surface area (Å²) in [4.78, 5) is 35.2. The molecule has 2 aliphatic rings. The number of rotatable bonds is 3. The maximum absolute atomic E-state index is 13.5. The van der Waals surface area contributed by atoms with Gasteiger partial charge >= 0.3 is 6.03 Å². The number of amides is 4. The molecule has 1 spiro atoms. The SMILES string of the molecule is O=C1NC(=O)C2(CCC(C(=O)NNc3ccc(F)c(F)c3F)CC2)N1. The molecule has 7 nitrogen and oxygen atoms in total. The summed E-state index contributed by atoms with van der Waals surface area (Å²) >= 11 is 0. The van der Waals surface area contributed by atoms with Crippen molar-refractivity contribution in [3.05, 3.63) is 29.6 Å². The Bertz CT molecular complexity index is 748. The van der Waals surface area contributed by atoms with E-state index in [1.54, 1.807) is 0 Å². The van der Waals surface area contributed by atoms with Gasteiger partial charge in [-0.25, -0.2) is 18.0 Å². The Balaban J connectivity index is 1.56. The van der Waals surface area contributed by atoms with Crippen molar-refractivity contribution in [2.75, 3.05) is 5.43 Å². The zero-order valence-electron chi connectivity index (χ0n) is 12.9. The Labute approximate surface area is 140 Å². The van der Waals surface area contributed by atoms with Crippen molar-refractivity contribution < 1.29 is 27.6 Å². The van der Waals surface area contributed by atoms with E-state index in [-0.39, 0.29) is 0 Å². The van der Waals surface area contributed by atoms with E-state index in [0.29, 0.717) is 25.7 Å². The number of urea groups is 1. The monoisotopic (exact) mass is 356 g/mol.